The van der Waals surface area contributed by atoms with E-state index in [-0.39, 0.29) is 12.7 Å². The Labute approximate surface area is 113 Å². The minimum Gasteiger partial charge on any atom is -0.490 e. The number of nitro groups is 1. The largest absolute Gasteiger partial charge is 0.573 e. The van der Waals surface area contributed by atoms with E-state index in [0.717, 1.165) is 0 Å². The summed E-state index contributed by atoms with van der Waals surface area (Å²) >= 11 is 0. The molecule has 0 saturated carbocycles. The van der Waals surface area contributed by atoms with Gasteiger partial charge in [-0.05, 0) is 6.92 Å². The zero-order valence-corrected chi connectivity index (χ0v) is 10.2. The van der Waals surface area contributed by atoms with E-state index in [2.05, 4.69) is 9.47 Å². The zero-order chi connectivity index (χ0) is 16.4. The normalized spacial score (nSPS) is 12.1. The molecular weight excluding hydrogens is 312 g/mol. The number of rotatable bonds is 4. The van der Waals surface area contributed by atoms with Gasteiger partial charge in [0.2, 0.25) is 0 Å². The molecule has 0 saturated heterocycles. The van der Waals surface area contributed by atoms with Crippen LogP contribution in [-0.2, 0) is 6.18 Å². The van der Waals surface area contributed by atoms with Gasteiger partial charge in [-0.25, -0.2) is 0 Å². The highest BCUT2D eigenvalue weighted by atomic mass is 19.4. The maximum absolute atomic E-state index is 12.8. The predicted molar refractivity (Wildman–Crippen MR) is 56.0 cm³/mol. The quantitative estimate of drug-likeness (QED) is 0.479. The van der Waals surface area contributed by atoms with Crippen LogP contribution in [0.25, 0.3) is 0 Å². The minimum absolute atomic E-state index is 0.0520. The Morgan fingerprint density at radius 1 is 1.19 bits per heavy atom. The maximum Gasteiger partial charge on any atom is 0.573 e. The molecule has 11 heteroatoms. The Kier molecular flexibility index (Phi) is 4.54. The number of benzene rings is 1. The van der Waals surface area contributed by atoms with Gasteiger partial charge in [0.05, 0.1) is 17.6 Å². The smallest absolute Gasteiger partial charge is 0.490 e. The first-order valence-electron chi connectivity index (χ1n) is 5.24. The van der Waals surface area contributed by atoms with Crippen LogP contribution < -0.4 is 9.47 Å². The second-order valence-corrected chi connectivity index (χ2v) is 3.56. The molecule has 0 aliphatic rings. The van der Waals surface area contributed by atoms with Gasteiger partial charge < -0.3 is 9.47 Å². The molecule has 5 nitrogen and oxygen atoms in total. The first-order valence-corrected chi connectivity index (χ1v) is 5.24. The molecule has 0 atom stereocenters. The Morgan fingerprint density at radius 3 is 2.14 bits per heavy atom. The first kappa shape index (κ1) is 16.9. The lowest BCUT2D eigenvalue weighted by atomic mass is 10.1. The van der Waals surface area contributed by atoms with Gasteiger partial charge in [0, 0.05) is 6.07 Å². The summed E-state index contributed by atoms with van der Waals surface area (Å²) in [5, 5.41) is 10.6. The van der Waals surface area contributed by atoms with Crippen molar-refractivity contribution in [1.29, 1.82) is 0 Å². The van der Waals surface area contributed by atoms with E-state index >= 15 is 0 Å². The van der Waals surface area contributed by atoms with Crippen LogP contribution in [0.1, 0.15) is 12.5 Å². The summed E-state index contributed by atoms with van der Waals surface area (Å²) < 4.78 is 82.8. The van der Waals surface area contributed by atoms with Gasteiger partial charge in [-0.15, -0.1) is 13.2 Å². The average molecular weight is 319 g/mol. The Hall–Kier alpha value is -2.20. The van der Waals surface area contributed by atoms with Crippen molar-refractivity contribution in [3.8, 4) is 11.5 Å². The molecule has 0 fully saturated rings. The van der Waals surface area contributed by atoms with Gasteiger partial charge in [0.25, 0.3) is 5.69 Å². The van der Waals surface area contributed by atoms with Gasteiger partial charge in [-0.1, -0.05) is 0 Å². The van der Waals surface area contributed by atoms with Gasteiger partial charge in [-0.3, -0.25) is 10.1 Å². The molecule has 0 N–H and O–H groups in total. The molecule has 0 radical (unpaired) electrons. The lowest BCUT2D eigenvalue weighted by Gasteiger charge is -2.18. The fourth-order valence-electron chi connectivity index (χ4n) is 1.39. The van der Waals surface area contributed by atoms with Gasteiger partial charge >= 0.3 is 12.5 Å². The molecule has 0 aliphatic carbocycles. The number of ether oxygens (including phenoxy) is 2. The molecule has 0 amide bonds. The third-order valence-corrected chi connectivity index (χ3v) is 2.07. The molecule has 0 unspecified atom stereocenters. The summed E-state index contributed by atoms with van der Waals surface area (Å²) in [5.41, 5.74) is -3.02. The van der Waals surface area contributed by atoms with Crippen molar-refractivity contribution in [2.45, 2.75) is 19.5 Å². The monoisotopic (exact) mass is 319 g/mol. The van der Waals surface area contributed by atoms with Crippen molar-refractivity contribution in [3.63, 3.8) is 0 Å². The Balaban J connectivity index is 3.58. The van der Waals surface area contributed by atoms with Crippen LogP contribution in [-0.4, -0.2) is 17.9 Å². The third kappa shape index (κ3) is 4.39. The van der Waals surface area contributed by atoms with Crippen molar-refractivity contribution in [1.82, 2.24) is 0 Å². The van der Waals surface area contributed by atoms with E-state index in [9.17, 15) is 36.5 Å². The van der Waals surface area contributed by atoms with E-state index in [0.29, 0.717) is 6.07 Å². The van der Waals surface area contributed by atoms with E-state index < -0.39 is 40.2 Å². The molecule has 0 aliphatic heterocycles. The Bertz CT molecular complexity index is 540. The zero-order valence-electron chi connectivity index (χ0n) is 10.2. The molecule has 0 spiro atoms. The van der Waals surface area contributed by atoms with Crippen LogP contribution in [0, 0.1) is 10.1 Å². The highest BCUT2D eigenvalue weighted by Gasteiger charge is 2.42. The van der Waals surface area contributed by atoms with Gasteiger partial charge in [0.15, 0.2) is 11.5 Å². The van der Waals surface area contributed by atoms with Gasteiger partial charge in [0.1, 0.15) is 5.56 Å². The van der Waals surface area contributed by atoms with E-state index in [1.165, 1.54) is 6.92 Å². The Morgan fingerprint density at radius 2 is 1.76 bits per heavy atom. The molecule has 21 heavy (non-hydrogen) atoms. The fraction of sp³-hybridized carbons (Fsp3) is 0.400. The number of hydrogen-bond acceptors (Lipinski definition) is 4. The van der Waals surface area contributed by atoms with Crippen LogP contribution in [0.3, 0.4) is 0 Å². The van der Waals surface area contributed by atoms with Gasteiger partial charge in [-0.2, -0.15) is 13.2 Å². The van der Waals surface area contributed by atoms with Crippen molar-refractivity contribution < 1.29 is 40.7 Å². The second kappa shape index (κ2) is 5.66. The summed E-state index contributed by atoms with van der Waals surface area (Å²) in [4.78, 5) is 9.37. The van der Waals surface area contributed by atoms with Crippen LogP contribution >= 0.6 is 0 Å². The molecule has 1 rings (SSSR count). The van der Waals surface area contributed by atoms with Crippen molar-refractivity contribution in [2.75, 3.05) is 6.61 Å². The van der Waals surface area contributed by atoms with E-state index in [1.54, 1.807) is 0 Å². The lowest BCUT2D eigenvalue weighted by molar-refractivity contribution is -0.385. The SMILES string of the molecule is CCOc1cc([N+](=O)[O-])cc(C(F)(F)F)c1OC(F)(F)F. The molecule has 1 aromatic carbocycles. The standard InChI is InChI=1S/C10H7F6NO4/c1-2-20-7-4-5(17(18)19)3-6(9(11,12)13)8(7)21-10(14,15)16/h3-4H,2H2,1H3. The van der Waals surface area contributed by atoms with Crippen LogP contribution in [0.2, 0.25) is 0 Å². The summed E-state index contributed by atoms with van der Waals surface area (Å²) in [5.74, 6) is -2.68. The summed E-state index contributed by atoms with van der Waals surface area (Å²) in [6, 6.07) is 0.378. The fourth-order valence-corrected chi connectivity index (χ4v) is 1.39. The lowest BCUT2D eigenvalue weighted by Crippen LogP contribution is -2.21. The molecule has 1 aromatic rings. The number of nitrogens with zero attached hydrogens (tertiary/aromatic N) is 1. The van der Waals surface area contributed by atoms with Crippen LogP contribution in [0.4, 0.5) is 32.0 Å². The second-order valence-electron chi connectivity index (χ2n) is 3.56. The van der Waals surface area contributed by atoms with Crippen molar-refractivity contribution in [3.05, 3.63) is 27.8 Å². The molecule has 0 heterocycles. The van der Waals surface area contributed by atoms with E-state index in [1.807, 2.05) is 0 Å². The molecule has 118 valence electrons. The number of non-ortho nitro benzene ring substituents is 1. The number of hydrogen-bond donors (Lipinski definition) is 0. The maximum atomic E-state index is 12.8. The number of alkyl halides is 6. The average Bonchev–Trinajstić information content (AvgIpc) is 2.27. The first-order chi connectivity index (χ1) is 9.45. The summed E-state index contributed by atoms with van der Waals surface area (Å²) in [6.45, 7) is 0.968. The van der Waals surface area contributed by atoms with E-state index in [4.69, 9.17) is 0 Å². The van der Waals surface area contributed by atoms with Crippen LogP contribution in [0.5, 0.6) is 11.5 Å². The highest BCUT2D eigenvalue weighted by molar-refractivity contribution is 5.55. The van der Waals surface area contributed by atoms with Crippen molar-refractivity contribution in [2.24, 2.45) is 0 Å². The minimum atomic E-state index is -5.41. The topological polar surface area (TPSA) is 61.6 Å². The predicted octanol–water partition coefficient (Wildman–Crippen LogP) is 3.91. The number of halogens is 6. The van der Waals surface area contributed by atoms with Crippen molar-refractivity contribution >= 4 is 5.69 Å². The van der Waals surface area contributed by atoms with Crippen LogP contribution in [0.15, 0.2) is 12.1 Å². The third-order valence-electron chi connectivity index (χ3n) is 2.07. The molecule has 0 aromatic heterocycles. The summed E-state index contributed by atoms with van der Waals surface area (Å²) in [7, 11) is 0. The molecule has 0 bridgehead atoms. The molecular formula is C10H7F6NO4. The summed E-state index contributed by atoms with van der Waals surface area (Å²) in [6.07, 6.45) is -10.7. The highest BCUT2D eigenvalue weighted by Crippen LogP contribution is 2.46. The number of nitro benzene ring substituents is 1.